The van der Waals surface area contributed by atoms with Crippen molar-refractivity contribution in [1.82, 2.24) is 0 Å². The summed E-state index contributed by atoms with van der Waals surface area (Å²) in [6.07, 6.45) is 0. The summed E-state index contributed by atoms with van der Waals surface area (Å²) in [5.41, 5.74) is -0.201. The summed E-state index contributed by atoms with van der Waals surface area (Å²) in [4.78, 5) is -0.0959. The third-order valence-corrected chi connectivity index (χ3v) is 4.32. The molecule has 0 spiro atoms. The molecule has 0 fully saturated rings. The Hall–Kier alpha value is -2.35. The van der Waals surface area contributed by atoms with E-state index in [4.69, 9.17) is 9.47 Å². The molecule has 116 valence electrons. The van der Waals surface area contributed by atoms with Crippen LogP contribution < -0.4 is 14.2 Å². The lowest BCUT2D eigenvalue weighted by Gasteiger charge is -2.19. The second-order valence-electron chi connectivity index (χ2n) is 4.57. The van der Waals surface area contributed by atoms with Crippen molar-refractivity contribution < 1.29 is 26.7 Å². The molecular formula is C14H11F2NO4S. The van der Waals surface area contributed by atoms with Crippen LogP contribution in [0.15, 0.2) is 41.3 Å². The summed E-state index contributed by atoms with van der Waals surface area (Å²) >= 11 is 0. The van der Waals surface area contributed by atoms with E-state index in [1.165, 1.54) is 18.2 Å². The number of fused-ring (bicyclic) bond motifs is 1. The lowest BCUT2D eigenvalue weighted by atomic mass is 10.3. The first-order chi connectivity index (χ1) is 10.4. The van der Waals surface area contributed by atoms with E-state index in [2.05, 4.69) is 4.72 Å². The van der Waals surface area contributed by atoms with Crippen molar-refractivity contribution in [3.8, 4) is 11.5 Å². The fourth-order valence-electron chi connectivity index (χ4n) is 2.02. The fourth-order valence-corrected chi connectivity index (χ4v) is 3.07. The summed E-state index contributed by atoms with van der Waals surface area (Å²) in [6, 6.07) is 6.52. The van der Waals surface area contributed by atoms with Gasteiger partial charge in [-0.05, 0) is 24.3 Å². The summed E-state index contributed by atoms with van der Waals surface area (Å²) in [7, 11) is -4.00. The molecule has 1 N–H and O–H groups in total. The normalized spacial score (nSPS) is 13.7. The van der Waals surface area contributed by atoms with Crippen molar-refractivity contribution in [2.24, 2.45) is 0 Å². The van der Waals surface area contributed by atoms with Crippen LogP contribution in [-0.2, 0) is 10.0 Å². The van der Waals surface area contributed by atoms with Gasteiger partial charge in [0.1, 0.15) is 24.8 Å². The van der Waals surface area contributed by atoms with Gasteiger partial charge >= 0.3 is 0 Å². The molecule has 0 saturated carbocycles. The number of sulfonamides is 1. The first kappa shape index (κ1) is 14.6. The summed E-state index contributed by atoms with van der Waals surface area (Å²) in [5, 5.41) is 0. The molecule has 3 rings (SSSR count). The van der Waals surface area contributed by atoms with Gasteiger partial charge in [-0.2, -0.15) is 0 Å². The monoisotopic (exact) mass is 327 g/mol. The molecule has 1 aliphatic rings. The van der Waals surface area contributed by atoms with Crippen LogP contribution in [0.25, 0.3) is 0 Å². The van der Waals surface area contributed by atoms with E-state index < -0.39 is 21.7 Å². The molecule has 1 aliphatic heterocycles. The van der Waals surface area contributed by atoms with Crippen molar-refractivity contribution in [2.75, 3.05) is 17.9 Å². The van der Waals surface area contributed by atoms with Crippen LogP contribution in [0.5, 0.6) is 11.5 Å². The van der Waals surface area contributed by atoms with Gasteiger partial charge in [-0.25, -0.2) is 17.2 Å². The minimum Gasteiger partial charge on any atom is -0.486 e. The van der Waals surface area contributed by atoms with E-state index in [1.807, 2.05) is 0 Å². The maximum atomic E-state index is 13.1. The zero-order chi connectivity index (χ0) is 15.7. The molecule has 0 saturated heterocycles. The second kappa shape index (κ2) is 5.45. The highest BCUT2D eigenvalue weighted by Gasteiger charge is 2.20. The molecule has 0 atom stereocenters. The van der Waals surface area contributed by atoms with Crippen molar-refractivity contribution in [3.05, 3.63) is 48.0 Å². The minimum atomic E-state index is -4.00. The number of anilines is 1. The molecule has 8 heteroatoms. The van der Waals surface area contributed by atoms with Crippen LogP contribution in [-0.4, -0.2) is 21.6 Å². The fraction of sp³-hybridized carbons (Fsp3) is 0.143. The average Bonchev–Trinajstić information content (AvgIpc) is 2.45. The Morgan fingerprint density at radius 2 is 1.55 bits per heavy atom. The molecule has 2 aromatic rings. The van der Waals surface area contributed by atoms with Crippen molar-refractivity contribution in [3.63, 3.8) is 0 Å². The second-order valence-corrected chi connectivity index (χ2v) is 6.25. The standard InChI is InChI=1S/C14H11F2NO4S/c15-9-5-10(16)7-11(6-9)17-22(18,19)12-1-2-13-14(8-12)21-4-3-20-13/h1-2,5-8,17H,3-4H2. The van der Waals surface area contributed by atoms with Gasteiger partial charge in [0.25, 0.3) is 10.0 Å². The van der Waals surface area contributed by atoms with E-state index in [0.717, 1.165) is 12.1 Å². The van der Waals surface area contributed by atoms with E-state index in [9.17, 15) is 17.2 Å². The predicted molar refractivity (Wildman–Crippen MR) is 74.6 cm³/mol. The molecule has 0 unspecified atom stereocenters. The Morgan fingerprint density at radius 3 is 2.23 bits per heavy atom. The summed E-state index contributed by atoms with van der Waals surface area (Å²) in [6.45, 7) is 0.707. The third kappa shape index (κ3) is 2.96. The number of hydrogen-bond acceptors (Lipinski definition) is 4. The number of rotatable bonds is 3. The van der Waals surface area contributed by atoms with E-state index in [0.29, 0.717) is 30.8 Å². The summed E-state index contributed by atoms with van der Waals surface area (Å²) in [5.74, 6) is -0.999. The SMILES string of the molecule is O=S(=O)(Nc1cc(F)cc(F)c1)c1ccc2c(c1)OCCO2. The quantitative estimate of drug-likeness (QED) is 0.941. The molecule has 0 aromatic heterocycles. The van der Waals surface area contributed by atoms with E-state index >= 15 is 0 Å². The zero-order valence-corrected chi connectivity index (χ0v) is 12.0. The van der Waals surface area contributed by atoms with Gasteiger partial charge < -0.3 is 9.47 Å². The smallest absolute Gasteiger partial charge is 0.262 e. The van der Waals surface area contributed by atoms with Crippen LogP contribution in [0, 0.1) is 11.6 Å². The highest BCUT2D eigenvalue weighted by molar-refractivity contribution is 7.92. The van der Waals surface area contributed by atoms with Crippen LogP contribution in [0.3, 0.4) is 0 Å². The summed E-state index contributed by atoms with van der Waals surface area (Å²) < 4.78 is 63.5. The highest BCUT2D eigenvalue weighted by Crippen LogP contribution is 2.32. The van der Waals surface area contributed by atoms with Crippen LogP contribution >= 0.6 is 0 Å². The van der Waals surface area contributed by atoms with E-state index in [-0.39, 0.29) is 10.6 Å². The average molecular weight is 327 g/mol. The number of hydrogen-bond donors (Lipinski definition) is 1. The molecule has 0 aliphatic carbocycles. The van der Waals surface area contributed by atoms with Gasteiger partial charge in [-0.1, -0.05) is 0 Å². The Kier molecular flexibility index (Phi) is 3.61. The topological polar surface area (TPSA) is 64.6 Å². The maximum Gasteiger partial charge on any atom is 0.262 e. The van der Waals surface area contributed by atoms with E-state index in [1.54, 1.807) is 0 Å². The Labute approximate surface area is 125 Å². The molecule has 2 aromatic carbocycles. The van der Waals surface area contributed by atoms with Gasteiger partial charge in [0, 0.05) is 12.1 Å². The van der Waals surface area contributed by atoms with Crippen molar-refractivity contribution in [1.29, 1.82) is 0 Å². The van der Waals surface area contributed by atoms with Gasteiger partial charge in [0.05, 0.1) is 10.6 Å². The Balaban J connectivity index is 1.92. The van der Waals surface area contributed by atoms with Gasteiger partial charge in [0.15, 0.2) is 11.5 Å². The Bertz CT molecular complexity index is 803. The molecule has 0 amide bonds. The maximum absolute atomic E-state index is 13.1. The number of benzene rings is 2. The number of ether oxygens (including phenoxy) is 2. The lowest BCUT2D eigenvalue weighted by molar-refractivity contribution is 0.171. The van der Waals surface area contributed by atoms with Crippen LogP contribution in [0.4, 0.5) is 14.5 Å². The number of halogens is 2. The molecule has 0 radical (unpaired) electrons. The molecule has 1 heterocycles. The lowest BCUT2D eigenvalue weighted by Crippen LogP contribution is -2.17. The van der Waals surface area contributed by atoms with Crippen LogP contribution in [0.2, 0.25) is 0 Å². The zero-order valence-electron chi connectivity index (χ0n) is 11.2. The van der Waals surface area contributed by atoms with Crippen LogP contribution in [0.1, 0.15) is 0 Å². The van der Waals surface area contributed by atoms with Gasteiger partial charge in [0.2, 0.25) is 0 Å². The van der Waals surface area contributed by atoms with Crippen molar-refractivity contribution >= 4 is 15.7 Å². The predicted octanol–water partition coefficient (Wildman–Crippen LogP) is 2.54. The largest absolute Gasteiger partial charge is 0.486 e. The van der Waals surface area contributed by atoms with Gasteiger partial charge in [-0.3, -0.25) is 4.72 Å². The number of nitrogens with one attached hydrogen (secondary N) is 1. The first-order valence-corrected chi connectivity index (χ1v) is 7.81. The third-order valence-electron chi connectivity index (χ3n) is 2.94. The Morgan fingerprint density at radius 1 is 0.909 bits per heavy atom. The van der Waals surface area contributed by atoms with Gasteiger partial charge in [-0.15, -0.1) is 0 Å². The molecule has 22 heavy (non-hydrogen) atoms. The molecule has 5 nitrogen and oxygen atoms in total. The van der Waals surface area contributed by atoms with Crippen molar-refractivity contribution in [2.45, 2.75) is 4.90 Å². The molecular weight excluding hydrogens is 316 g/mol. The molecule has 0 bridgehead atoms. The minimum absolute atomic E-state index is 0.0959. The highest BCUT2D eigenvalue weighted by atomic mass is 32.2. The first-order valence-electron chi connectivity index (χ1n) is 6.33.